The van der Waals surface area contributed by atoms with Gasteiger partial charge in [-0.25, -0.2) is 9.18 Å². The summed E-state index contributed by atoms with van der Waals surface area (Å²) >= 11 is 0. The van der Waals surface area contributed by atoms with Crippen LogP contribution in [0, 0.1) is 5.82 Å². The maximum absolute atomic E-state index is 13.6. The van der Waals surface area contributed by atoms with Gasteiger partial charge in [-0.05, 0) is 66.1 Å². The maximum atomic E-state index is 13.6. The molecule has 1 aliphatic rings. The highest BCUT2D eigenvalue weighted by Gasteiger charge is 2.32. The fourth-order valence-electron chi connectivity index (χ4n) is 4.48. The molecule has 0 spiro atoms. The fraction of sp³-hybridized carbons (Fsp3) is 0.179. The molecule has 0 saturated carbocycles. The van der Waals surface area contributed by atoms with E-state index in [1.807, 2.05) is 60.5 Å². The molecule has 172 valence electrons. The summed E-state index contributed by atoms with van der Waals surface area (Å²) in [5, 5.41) is 3.03. The molecule has 6 heteroatoms. The molecule has 0 fully saturated rings. The number of para-hydroxylation sites is 1. The average molecular weight is 456 g/mol. The van der Waals surface area contributed by atoms with Crippen molar-refractivity contribution in [2.45, 2.75) is 26.1 Å². The number of amides is 2. The molecule has 34 heavy (non-hydrogen) atoms. The van der Waals surface area contributed by atoms with Crippen molar-refractivity contribution in [3.8, 4) is 11.4 Å². The second-order valence-electron chi connectivity index (χ2n) is 8.25. The summed E-state index contributed by atoms with van der Waals surface area (Å²) in [7, 11) is 0. The molecule has 1 N–H and O–H groups in total. The van der Waals surface area contributed by atoms with E-state index in [-0.39, 0.29) is 17.9 Å². The van der Waals surface area contributed by atoms with Crippen LogP contribution in [0.15, 0.2) is 91.1 Å². The first-order chi connectivity index (χ1) is 16.6. The molecular formula is C28H26FN3O2. The lowest BCUT2D eigenvalue weighted by atomic mass is 10.0. The predicted octanol–water partition coefficient (Wildman–Crippen LogP) is 5.83. The monoisotopic (exact) mass is 455 g/mol. The van der Waals surface area contributed by atoms with Crippen LogP contribution in [0.1, 0.15) is 35.3 Å². The van der Waals surface area contributed by atoms with Crippen molar-refractivity contribution >= 4 is 6.03 Å². The highest BCUT2D eigenvalue weighted by Crippen LogP contribution is 2.37. The van der Waals surface area contributed by atoms with Gasteiger partial charge in [0.1, 0.15) is 11.6 Å². The molecule has 0 aliphatic carbocycles. The number of aromatic nitrogens is 1. The van der Waals surface area contributed by atoms with E-state index in [4.69, 9.17) is 4.74 Å². The minimum atomic E-state index is -0.300. The Hall–Kier alpha value is -4.06. The van der Waals surface area contributed by atoms with E-state index < -0.39 is 0 Å². The van der Waals surface area contributed by atoms with Crippen LogP contribution in [0.4, 0.5) is 9.18 Å². The Balaban J connectivity index is 1.52. The summed E-state index contributed by atoms with van der Waals surface area (Å²) in [6.45, 7) is 3.31. The topological polar surface area (TPSA) is 46.5 Å². The van der Waals surface area contributed by atoms with Crippen molar-refractivity contribution in [2.24, 2.45) is 0 Å². The molecule has 0 bridgehead atoms. The molecule has 5 rings (SSSR count). The SMILES string of the molecule is CCOc1ccc([C@H]2c3cccn3-c3ccccc3CN2C(=O)NCc2ccc(F)cc2)cc1. The third-order valence-electron chi connectivity index (χ3n) is 6.09. The average Bonchev–Trinajstić information content (AvgIpc) is 3.29. The third-order valence-corrected chi connectivity index (χ3v) is 6.09. The van der Waals surface area contributed by atoms with Gasteiger partial charge in [-0.3, -0.25) is 0 Å². The fourth-order valence-corrected chi connectivity index (χ4v) is 4.48. The van der Waals surface area contributed by atoms with E-state index in [1.54, 1.807) is 12.1 Å². The second kappa shape index (κ2) is 9.43. The van der Waals surface area contributed by atoms with Gasteiger partial charge in [-0.2, -0.15) is 0 Å². The van der Waals surface area contributed by atoms with Gasteiger partial charge in [0, 0.05) is 18.4 Å². The zero-order chi connectivity index (χ0) is 23.5. The first-order valence-corrected chi connectivity index (χ1v) is 11.4. The van der Waals surface area contributed by atoms with Gasteiger partial charge in [0.05, 0.1) is 24.9 Å². The second-order valence-corrected chi connectivity index (χ2v) is 8.25. The van der Waals surface area contributed by atoms with Gasteiger partial charge in [-0.1, -0.05) is 42.5 Å². The predicted molar refractivity (Wildman–Crippen MR) is 129 cm³/mol. The van der Waals surface area contributed by atoms with Crippen LogP contribution < -0.4 is 10.1 Å². The number of fused-ring (bicyclic) bond motifs is 3. The van der Waals surface area contributed by atoms with Crippen LogP contribution in [0.5, 0.6) is 5.75 Å². The van der Waals surface area contributed by atoms with E-state index in [0.29, 0.717) is 19.7 Å². The Morgan fingerprint density at radius 3 is 2.53 bits per heavy atom. The van der Waals surface area contributed by atoms with E-state index in [1.165, 1.54) is 12.1 Å². The number of carbonyl (C=O) groups excluding carboxylic acids is 1. The van der Waals surface area contributed by atoms with Gasteiger partial charge in [0.15, 0.2) is 0 Å². The molecule has 3 aromatic carbocycles. The van der Waals surface area contributed by atoms with E-state index >= 15 is 0 Å². The molecule has 0 saturated heterocycles. The van der Waals surface area contributed by atoms with E-state index in [0.717, 1.165) is 33.8 Å². The van der Waals surface area contributed by atoms with Crippen LogP contribution in [0.2, 0.25) is 0 Å². The Labute approximate surface area is 198 Å². The van der Waals surface area contributed by atoms with Crippen molar-refractivity contribution in [3.63, 3.8) is 0 Å². The first-order valence-electron chi connectivity index (χ1n) is 11.4. The molecule has 2 amide bonds. The molecule has 1 aliphatic heterocycles. The van der Waals surface area contributed by atoms with Crippen molar-refractivity contribution in [1.82, 2.24) is 14.8 Å². The Kier molecular flexibility index (Phi) is 6.04. The van der Waals surface area contributed by atoms with E-state index in [9.17, 15) is 9.18 Å². The number of carbonyl (C=O) groups is 1. The number of rotatable bonds is 5. The lowest BCUT2D eigenvalue weighted by molar-refractivity contribution is 0.180. The summed E-state index contributed by atoms with van der Waals surface area (Å²) in [5.41, 5.74) is 4.96. The molecule has 0 unspecified atom stereocenters. The van der Waals surface area contributed by atoms with Crippen molar-refractivity contribution in [2.75, 3.05) is 6.61 Å². The largest absolute Gasteiger partial charge is 0.494 e. The number of benzene rings is 3. The van der Waals surface area contributed by atoms with Gasteiger partial charge in [-0.15, -0.1) is 0 Å². The summed E-state index contributed by atoms with van der Waals surface area (Å²) in [6.07, 6.45) is 2.04. The molecule has 0 radical (unpaired) electrons. The smallest absolute Gasteiger partial charge is 0.318 e. The zero-order valence-corrected chi connectivity index (χ0v) is 18.9. The Bertz CT molecular complexity index is 1280. The van der Waals surface area contributed by atoms with Gasteiger partial charge >= 0.3 is 6.03 Å². The summed E-state index contributed by atoms with van der Waals surface area (Å²) < 4.78 is 21.1. The van der Waals surface area contributed by atoms with Crippen molar-refractivity contribution in [1.29, 1.82) is 0 Å². The Morgan fingerprint density at radius 2 is 1.76 bits per heavy atom. The quantitative estimate of drug-likeness (QED) is 0.412. The molecule has 1 aromatic heterocycles. The molecule has 1 atom stereocenters. The first kappa shape index (κ1) is 21.8. The number of nitrogens with zero attached hydrogens (tertiary/aromatic N) is 2. The third kappa shape index (κ3) is 4.27. The summed E-state index contributed by atoms with van der Waals surface area (Å²) in [6, 6.07) is 25.8. The number of hydrogen-bond donors (Lipinski definition) is 1. The summed E-state index contributed by atoms with van der Waals surface area (Å²) in [5.74, 6) is 0.501. The van der Waals surface area contributed by atoms with Crippen LogP contribution >= 0.6 is 0 Å². The molecule has 5 nitrogen and oxygen atoms in total. The summed E-state index contributed by atoms with van der Waals surface area (Å²) in [4.78, 5) is 15.5. The van der Waals surface area contributed by atoms with Gasteiger partial charge < -0.3 is 19.5 Å². The molecular weight excluding hydrogens is 429 g/mol. The minimum Gasteiger partial charge on any atom is -0.494 e. The number of urea groups is 1. The number of ether oxygens (including phenoxy) is 1. The molecule has 2 heterocycles. The number of hydrogen-bond acceptors (Lipinski definition) is 2. The van der Waals surface area contributed by atoms with Crippen LogP contribution in [0.25, 0.3) is 5.69 Å². The Morgan fingerprint density at radius 1 is 1.00 bits per heavy atom. The van der Waals surface area contributed by atoms with Crippen LogP contribution in [-0.2, 0) is 13.1 Å². The maximum Gasteiger partial charge on any atom is 0.318 e. The number of nitrogens with one attached hydrogen (secondary N) is 1. The van der Waals surface area contributed by atoms with Gasteiger partial charge in [0.2, 0.25) is 0 Å². The lowest BCUT2D eigenvalue weighted by Gasteiger charge is -2.31. The standard InChI is InChI=1S/C28H26FN3O2/c1-2-34-24-15-11-21(12-16-24)27-26-8-5-17-31(26)25-7-4-3-6-22(25)19-32(27)28(33)30-18-20-9-13-23(29)14-10-20/h3-17,27H,2,18-19H2,1H3,(H,30,33)/t27-/m0/s1. The minimum absolute atomic E-state index is 0.187. The van der Waals surface area contributed by atoms with Crippen molar-refractivity contribution in [3.05, 3.63) is 119 Å². The normalized spacial score (nSPS) is 14.6. The highest BCUT2D eigenvalue weighted by atomic mass is 19.1. The van der Waals surface area contributed by atoms with Crippen molar-refractivity contribution < 1.29 is 13.9 Å². The lowest BCUT2D eigenvalue weighted by Crippen LogP contribution is -2.41. The highest BCUT2D eigenvalue weighted by molar-refractivity contribution is 5.76. The van der Waals surface area contributed by atoms with Gasteiger partial charge in [0.25, 0.3) is 0 Å². The number of halogens is 1. The van der Waals surface area contributed by atoms with E-state index in [2.05, 4.69) is 28.1 Å². The zero-order valence-electron chi connectivity index (χ0n) is 18.9. The van der Waals surface area contributed by atoms with Crippen LogP contribution in [0.3, 0.4) is 0 Å². The van der Waals surface area contributed by atoms with Crippen LogP contribution in [-0.4, -0.2) is 22.1 Å². The molecule has 4 aromatic rings.